The Morgan fingerprint density at radius 3 is 2.58 bits per heavy atom. The molecule has 0 unspecified atom stereocenters. The van der Waals surface area contributed by atoms with Gasteiger partial charge >= 0.3 is 0 Å². The zero-order valence-electron chi connectivity index (χ0n) is 13.9. The molecule has 2 aromatic carbocycles. The van der Waals surface area contributed by atoms with Gasteiger partial charge in [0.15, 0.2) is 0 Å². The van der Waals surface area contributed by atoms with Gasteiger partial charge in [-0.3, -0.25) is 9.59 Å². The maximum Gasteiger partial charge on any atom is 0.244 e. The van der Waals surface area contributed by atoms with Crippen LogP contribution in [0.25, 0.3) is 0 Å². The molecule has 0 saturated heterocycles. The number of carbonyl (C=O) groups is 2. The fraction of sp³-hybridized carbons (Fsp3) is 0.263. The molecule has 5 heteroatoms. The van der Waals surface area contributed by atoms with E-state index in [0.717, 1.165) is 10.0 Å². The number of likely N-dealkylation sites (N-methyl/N-ethyl adjacent to an activating group) is 1. The lowest BCUT2D eigenvalue weighted by molar-refractivity contribution is -0.133. The number of anilines is 1. The molecule has 0 fully saturated rings. The molecule has 2 rings (SSSR count). The standard InChI is InChI=1S/C19H21BrN2O2/c1-14-6-5-7-15(12-14)10-11-19(24)22(2)13-18(23)21-17-9-4-3-8-16(17)20/h3-9,12H,10-11,13H2,1-2H3,(H,21,23). The lowest BCUT2D eigenvalue weighted by Crippen LogP contribution is -2.35. The van der Waals surface area contributed by atoms with Crippen LogP contribution in [-0.4, -0.2) is 30.3 Å². The maximum absolute atomic E-state index is 12.2. The Morgan fingerprint density at radius 2 is 1.88 bits per heavy atom. The van der Waals surface area contributed by atoms with Crippen LogP contribution in [0.5, 0.6) is 0 Å². The average Bonchev–Trinajstić information content (AvgIpc) is 2.54. The number of halogens is 1. The highest BCUT2D eigenvalue weighted by Crippen LogP contribution is 2.21. The first-order valence-electron chi connectivity index (χ1n) is 7.79. The van der Waals surface area contributed by atoms with E-state index in [-0.39, 0.29) is 18.4 Å². The van der Waals surface area contributed by atoms with Crippen molar-refractivity contribution < 1.29 is 9.59 Å². The van der Waals surface area contributed by atoms with E-state index < -0.39 is 0 Å². The number of benzene rings is 2. The smallest absolute Gasteiger partial charge is 0.244 e. The molecule has 0 aromatic heterocycles. The molecule has 0 atom stereocenters. The molecule has 2 amide bonds. The Kier molecular flexibility index (Phi) is 6.55. The van der Waals surface area contributed by atoms with Crippen molar-refractivity contribution in [3.05, 3.63) is 64.1 Å². The average molecular weight is 389 g/mol. The molecule has 0 bridgehead atoms. The summed E-state index contributed by atoms with van der Waals surface area (Å²) in [5, 5.41) is 2.80. The molecular weight excluding hydrogens is 368 g/mol. The van der Waals surface area contributed by atoms with Crippen LogP contribution in [-0.2, 0) is 16.0 Å². The second-order valence-electron chi connectivity index (χ2n) is 5.77. The topological polar surface area (TPSA) is 49.4 Å². The van der Waals surface area contributed by atoms with Crippen molar-refractivity contribution in [1.29, 1.82) is 0 Å². The van der Waals surface area contributed by atoms with Crippen molar-refractivity contribution in [2.24, 2.45) is 0 Å². The van der Waals surface area contributed by atoms with Gasteiger partial charge in [-0.05, 0) is 47.0 Å². The predicted molar refractivity (Wildman–Crippen MR) is 99.9 cm³/mol. The first-order chi connectivity index (χ1) is 11.5. The molecule has 126 valence electrons. The van der Waals surface area contributed by atoms with Gasteiger partial charge < -0.3 is 10.2 Å². The summed E-state index contributed by atoms with van der Waals surface area (Å²) in [6, 6.07) is 15.5. The van der Waals surface area contributed by atoms with Crippen LogP contribution >= 0.6 is 15.9 Å². The summed E-state index contributed by atoms with van der Waals surface area (Å²) in [6.07, 6.45) is 1.07. The van der Waals surface area contributed by atoms with Gasteiger partial charge in [-0.15, -0.1) is 0 Å². The van der Waals surface area contributed by atoms with Crippen molar-refractivity contribution in [2.45, 2.75) is 19.8 Å². The largest absolute Gasteiger partial charge is 0.336 e. The van der Waals surface area contributed by atoms with E-state index in [1.807, 2.05) is 49.4 Å². The first-order valence-corrected chi connectivity index (χ1v) is 8.59. The Bertz CT molecular complexity index is 731. The highest BCUT2D eigenvalue weighted by molar-refractivity contribution is 9.10. The van der Waals surface area contributed by atoms with E-state index in [2.05, 4.69) is 27.3 Å². The summed E-state index contributed by atoms with van der Waals surface area (Å²) in [4.78, 5) is 25.7. The third kappa shape index (κ3) is 5.49. The number of aryl methyl sites for hydroxylation is 2. The maximum atomic E-state index is 12.2. The van der Waals surface area contributed by atoms with E-state index in [4.69, 9.17) is 0 Å². The second kappa shape index (κ2) is 8.64. The fourth-order valence-corrected chi connectivity index (χ4v) is 2.75. The molecule has 1 N–H and O–H groups in total. The predicted octanol–water partition coefficient (Wildman–Crippen LogP) is 3.79. The van der Waals surface area contributed by atoms with Gasteiger partial charge in [0.05, 0.1) is 12.2 Å². The molecule has 0 spiro atoms. The molecule has 0 aliphatic carbocycles. The Hall–Kier alpha value is -2.14. The zero-order chi connectivity index (χ0) is 17.5. The summed E-state index contributed by atoms with van der Waals surface area (Å²) < 4.78 is 0.812. The van der Waals surface area contributed by atoms with E-state index in [1.54, 1.807) is 7.05 Å². The SMILES string of the molecule is Cc1cccc(CCC(=O)N(C)CC(=O)Nc2ccccc2Br)c1. The molecule has 4 nitrogen and oxygen atoms in total. The monoisotopic (exact) mass is 388 g/mol. The van der Waals surface area contributed by atoms with Crippen LogP contribution in [0, 0.1) is 6.92 Å². The van der Waals surface area contributed by atoms with E-state index >= 15 is 0 Å². The van der Waals surface area contributed by atoms with Gasteiger partial charge in [0.2, 0.25) is 11.8 Å². The molecule has 24 heavy (non-hydrogen) atoms. The molecule has 0 heterocycles. The summed E-state index contributed by atoms with van der Waals surface area (Å²) >= 11 is 3.38. The summed E-state index contributed by atoms with van der Waals surface area (Å²) in [6.45, 7) is 2.07. The number of para-hydroxylation sites is 1. The lowest BCUT2D eigenvalue weighted by Gasteiger charge is -2.17. The van der Waals surface area contributed by atoms with E-state index in [1.165, 1.54) is 10.5 Å². The van der Waals surface area contributed by atoms with Crippen LogP contribution in [0.15, 0.2) is 53.0 Å². The third-order valence-corrected chi connectivity index (χ3v) is 4.36. The number of amides is 2. The van der Waals surface area contributed by atoms with E-state index in [9.17, 15) is 9.59 Å². The summed E-state index contributed by atoms with van der Waals surface area (Å²) in [7, 11) is 1.65. The van der Waals surface area contributed by atoms with Crippen molar-refractivity contribution in [3.63, 3.8) is 0 Å². The summed E-state index contributed by atoms with van der Waals surface area (Å²) in [5.41, 5.74) is 3.01. The van der Waals surface area contributed by atoms with Gasteiger partial charge in [-0.2, -0.15) is 0 Å². The number of nitrogens with zero attached hydrogens (tertiary/aromatic N) is 1. The van der Waals surface area contributed by atoms with Crippen LogP contribution in [0.3, 0.4) is 0 Å². The minimum atomic E-state index is -0.215. The minimum absolute atomic E-state index is 0.0357. The van der Waals surface area contributed by atoms with Crippen molar-refractivity contribution >= 4 is 33.4 Å². The number of carbonyl (C=O) groups excluding carboxylic acids is 2. The third-order valence-electron chi connectivity index (χ3n) is 3.66. The van der Waals surface area contributed by atoms with Crippen molar-refractivity contribution in [1.82, 2.24) is 4.90 Å². The van der Waals surface area contributed by atoms with Gasteiger partial charge in [0, 0.05) is 17.9 Å². The second-order valence-corrected chi connectivity index (χ2v) is 6.62. The van der Waals surface area contributed by atoms with Gasteiger partial charge in [0.1, 0.15) is 0 Å². The van der Waals surface area contributed by atoms with Gasteiger partial charge in [0.25, 0.3) is 0 Å². The van der Waals surface area contributed by atoms with Crippen molar-refractivity contribution in [3.8, 4) is 0 Å². The minimum Gasteiger partial charge on any atom is -0.336 e. The number of rotatable bonds is 6. The van der Waals surface area contributed by atoms with Crippen LogP contribution in [0.2, 0.25) is 0 Å². The Balaban J connectivity index is 1.82. The molecule has 0 saturated carbocycles. The molecule has 2 aromatic rings. The molecular formula is C19H21BrN2O2. The highest BCUT2D eigenvalue weighted by atomic mass is 79.9. The molecule has 0 aliphatic heterocycles. The lowest BCUT2D eigenvalue weighted by atomic mass is 10.1. The van der Waals surface area contributed by atoms with Gasteiger partial charge in [-0.1, -0.05) is 42.0 Å². The normalized spacial score (nSPS) is 10.3. The Morgan fingerprint density at radius 1 is 1.12 bits per heavy atom. The zero-order valence-corrected chi connectivity index (χ0v) is 15.5. The first kappa shape index (κ1) is 18.2. The van der Waals surface area contributed by atoms with Crippen LogP contribution in [0.4, 0.5) is 5.69 Å². The van der Waals surface area contributed by atoms with Crippen molar-refractivity contribution in [2.75, 3.05) is 18.9 Å². The molecule has 0 aliphatic rings. The number of nitrogens with one attached hydrogen (secondary N) is 1. The Labute approximate surface area is 151 Å². The number of hydrogen-bond acceptors (Lipinski definition) is 2. The fourth-order valence-electron chi connectivity index (χ4n) is 2.37. The van der Waals surface area contributed by atoms with Crippen LogP contribution in [0.1, 0.15) is 17.5 Å². The highest BCUT2D eigenvalue weighted by Gasteiger charge is 2.13. The molecule has 0 radical (unpaired) electrons. The quantitative estimate of drug-likeness (QED) is 0.818. The van der Waals surface area contributed by atoms with Crippen LogP contribution < -0.4 is 5.32 Å². The van der Waals surface area contributed by atoms with E-state index in [0.29, 0.717) is 18.5 Å². The number of hydrogen-bond donors (Lipinski definition) is 1. The van der Waals surface area contributed by atoms with Gasteiger partial charge in [-0.25, -0.2) is 0 Å². The summed E-state index contributed by atoms with van der Waals surface area (Å²) in [5.74, 6) is -0.257.